The third kappa shape index (κ3) is 5.59. The van der Waals surface area contributed by atoms with E-state index in [0.717, 1.165) is 18.4 Å². The number of aryl methyl sites for hydroxylation is 1. The van der Waals surface area contributed by atoms with Crippen LogP contribution in [0.25, 0.3) is 0 Å². The van der Waals surface area contributed by atoms with Gasteiger partial charge in [0.1, 0.15) is 23.3 Å². The van der Waals surface area contributed by atoms with Crippen molar-refractivity contribution in [2.75, 3.05) is 13.2 Å². The Morgan fingerprint density at radius 1 is 1.23 bits per heavy atom. The molecule has 1 heterocycles. The summed E-state index contributed by atoms with van der Waals surface area (Å²) in [5.41, 5.74) is 1.62. The van der Waals surface area contributed by atoms with Gasteiger partial charge in [-0.3, -0.25) is 4.79 Å². The first-order valence-electron chi connectivity index (χ1n) is 10.5. The topological polar surface area (TPSA) is 72.9 Å². The van der Waals surface area contributed by atoms with Crippen LogP contribution in [0.5, 0.6) is 5.75 Å². The highest BCUT2D eigenvalue weighted by Gasteiger charge is 2.41. The van der Waals surface area contributed by atoms with E-state index in [9.17, 15) is 13.2 Å². The van der Waals surface area contributed by atoms with Gasteiger partial charge in [-0.05, 0) is 49.4 Å². The molecule has 1 aliphatic heterocycles. The summed E-state index contributed by atoms with van der Waals surface area (Å²) in [5, 5.41) is 0.326. The molecular formula is C23H28ClNO5S. The molecule has 0 saturated carbocycles. The molecule has 0 unspecified atom stereocenters. The number of ether oxygens (including phenoxy) is 2. The number of hydrogen-bond acceptors (Lipinski definition) is 5. The van der Waals surface area contributed by atoms with Crippen molar-refractivity contribution in [3.8, 4) is 5.75 Å². The molecular weight excluding hydrogens is 438 g/mol. The number of nitrogens with zero attached hydrogens (tertiary/aromatic N) is 1. The van der Waals surface area contributed by atoms with Crippen LogP contribution in [-0.2, 0) is 26.2 Å². The normalized spacial score (nSPS) is 16.9. The highest BCUT2D eigenvalue weighted by molar-refractivity contribution is 7.89. The molecule has 0 bridgehead atoms. The molecule has 8 heteroatoms. The zero-order valence-electron chi connectivity index (χ0n) is 17.8. The molecule has 0 aliphatic carbocycles. The van der Waals surface area contributed by atoms with Crippen LogP contribution in [0.2, 0.25) is 5.02 Å². The predicted molar refractivity (Wildman–Crippen MR) is 120 cm³/mol. The van der Waals surface area contributed by atoms with Crippen LogP contribution in [0.15, 0.2) is 47.4 Å². The number of carbonyl (C=O) groups is 1. The molecule has 1 saturated heterocycles. The fourth-order valence-corrected chi connectivity index (χ4v) is 5.51. The van der Waals surface area contributed by atoms with Crippen molar-refractivity contribution >= 4 is 27.6 Å². The number of hydrogen-bond donors (Lipinski definition) is 0. The molecule has 1 atom stereocenters. The number of carbonyl (C=O) groups excluding carboxylic acids is 1. The Morgan fingerprint density at radius 3 is 2.68 bits per heavy atom. The lowest BCUT2D eigenvalue weighted by Crippen LogP contribution is -2.41. The van der Waals surface area contributed by atoms with Crippen molar-refractivity contribution in [2.24, 2.45) is 0 Å². The van der Waals surface area contributed by atoms with Gasteiger partial charge in [0.2, 0.25) is 10.0 Å². The van der Waals surface area contributed by atoms with Gasteiger partial charge < -0.3 is 9.47 Å². The van der Waals surface area contributed by atoms with Crippen molar-refractivity contribution < 1.29 is 22.7 Å². The number of rotatable bonds is 9. The molecule has 0 amide bonds. The highest BCUT2D eigenvalue weighted by atomic mass is 35.5. The predicted octanol–water partition coefficient (Wildman–Crippen LogP) is 4.72. The molecule has 3 rings (SSSR count). The van der Waals surface area contributed by atoms with Gasteiger partial charge in [0.05, 0.1) is 6.61 Å². The fraction of sp³-hybridized carbons (Fsp3) is 0.435. The van der Waals surface area contributed by atoms with E-state index in [2.05, 4.69) is 0 Å². The maximum absolute atomic E-state index is 13.6. The van der Waals surface area contributed by atoms with Gasteiger partial charge in [0.15, 0.2) is 0 Å². The second kappa shape index (κ2) is 10.5. The summed E-state index contributed by atoms with van der Waals surface area (Å²) in [6.45, 7) is 4.55. The molecule has 0 radical (unpaired) electrons. The van der Waals surface area contributed by atoms with Crippen LogP contribution in [0.4, 0.5) is 0 Å². The van der Waals surface area contributed by atoms with Gasteiger partial charge in [0.25, 0.3) is 0 Å². The van der Waals surface area contributed by atoms with Gasteiger partial charge in [-0.1, -0.05) is 55.3 Å². The molecule has 0 spiro atoms. The summed E-state index contributed by atoms with van der Waals surface area (Å²) in [5.74, 6) is -0.282. The van der Waals surface area contributed by atoms with Crippen molar-refractivity contribution in [2.45, 2.75) is 57.1 Å². The summed E-state index contributed by atoms with van der Waals surface area (Å²) >= 11 is 6.27. The Kier molecular flexibility index (Phi) is 7.97. The minimum Gasteiger partial charge on any atom is -0.487 e. The minimum absolute atomic E-state index is 0.0349. The number of halogens is 1. The molecule has 0 N–H and O–H groups in total. The third-order valence-electron chi connectivity index (χ3n) is 5.27. The van der Waals surface area contributed by atoms with E-state index in [-0.39, 0.29) is 23.8 Å². The highest BCUT2D eigenvalue weighted by Crippen LogP contribution is 2.36. The molecule has 168 valence electrons. The summed E-state index contributed by atoms with van der Waals surface area (Å²) in [6, 6.07) is 11.7. The first-order valence-corrected chi connectivity index (χ1v) is 12.3. The zero-order chi connectivity index (χ0) is 22.4. The zero-order valence-corrected chi connectivity index (χ0v) is 19.4. The van der Waals surface area contributed by atoms with Crippen LogP contribution in [0.3, 0.4) is 0 Å². The Hall–Kier alpha value is -2.09. The van der Waals surface area contributed by atoms with E-state index in [1.165, 1.54) is 10.4 Å². The smallest absolute Gasteiger partial charge is 0.324 e. The van der Waals surface area contributed by atoms with Gasteiger partial charge in [-0.2, -0.15) is 4.31 Å². The van der Waals surface area contributed by atoms with Crippen LogP contribution in [0.1, 0.15) is 43.7 Å². The molecule has 2 aromatic carbocycles. The first kappa shape index (κ1) is 23.6. The maximum Gasteiger partial charge on any atom is 0.324 e. The van der Waals surface area contributed by atoms with Gasteiger partial charge >= 0.3 is 5.97 Å². The van der Waals surface area contributed by atoms with Crippen LogP contribution in [-0.4, -0.2) is 37.9 Å². The van der Waals surface area contributed by atoms with Crippen LogP contribution >= 0.6 is 11.6 Å². The Labute approximate surface area is 189 Å². The van der Waals surface area contributed by atoms with E-state index in [0.29, 0.717) is 30.0 Å². The Bertz CT molecular complexity index is 1010. The number of unbranched alkanes of at least 4 members (excludes halogenated alkanes) is 1. The summed E-state index contributed by atoms with van der Waals surface area (Å²) in [7, 11) is -4.01. The summed E-state index contributed by atoms with van der Waals surface area (Å²) in [4.78, 5) is 12.5. The van der Waals surface area contributed by atoms with Crippen molar-refractivity contribution in [3.63, 3.8) is 0 Å². The van der Waals surface area contributed by atoms with E-state index in [1.54, 1.807) is 13.0 Å². The second-order valence-corrected chi connectivity index (χ2v) is 9.88. The Balaban J connectivity index is 1.88. The van der Waals surface area contributed by atoms with Crippen molar-refractivity contribution in [3.05, 3.63) is 58.6 Å². The number of benzene rings is 2. The van der Waals surface area contributed by atoms with Crippen molar-refractivity contribution in [1.29, 1.82) is 0 Å². The largest absolute Gasteiger partial charge is 0.487 e. The van der Waals surface area contributed by atoms with E-state index >= 15 is 0 Å². The van der Waals surface area contributed by atoms with E-state index in [4.69, 9.17) is 21.1 Å². The molecule has 6 nitrogen and oxygen atoms in total. The standard InChI is InChI=1S/C23H28ClNO5S/c1-3-4-13-29-23(26)20-11-8-12-25(20)31(27,28)22-15-19(24)17(2)14-21(22)30-16-18-9-6-5-7-10-18/h5-7,9-10,14-15,20H,3-4,8,11-13,16H2,1-2H3/t20-/m0/s1. The number of sulfonamides is 1. The second-order valence-electron chi connectivity index (χ2n) is 7.62. The minimum atomic E-state index is -4.01. The SMILES string of the molecule is CCCCOC(=O)[C@@H]1CCCN1S(=O)(=O)c1cc(Cl)c(C)cc1OCc1ccccc1. The average molecular weight is 466 g/mol. The fourth-order valence-electron chi connectivity index (χ4n) is 3.49. The summed E-state index contributed by atoms with van der Waals surface area (Å²) < 4.78 is 39.5. The molecule has 31 heavy (non-hydrogen) atoms. The van der Waals surface area contributed by atoms with E-state index < -0.39 is 22.0 Å². The van der Waals surface area contributed by atoms with Crippen LogP contribution in [0, 0.1) is 6.92 Å². The van der Waals surface area contributed by atoms with Gasteiger partial charge in [0, 0.05) is 11.6 Å². The molecule has 1 aliphatic rings. The molecule has 2 aromatic rings. The van der Waals surface area contributed by atoms with Gasteiger partial charge in [-0.15, -0.1) is 0 Å². The molecule has 0 aromatic heterocycles. The lowest BCUT2D eigenvalue weighted by atomic mass is 10.2. The Morgan fingerprint density at radius 2 is 1.97 bits per heavy atom. The quantitative estimate of drug-likeness (QED) is 0.395. The average Bonchev–Trinajstić information content (AvgIpc) is 3.26. The van der Waals surface area contributed by atoms with Crippen LogP contribution < -0.4 is 4.74 Å². The maximum atomic E-state index is 13.6. The van der Waals surface area contributed by atoms with Gasteiger partial charge in [-0.25, -0.2) is 8.42 Å². The lowest BCUT2D eigenvalue weighted by Gasteiger charge is -2.24. The first-order chi connectivity index (χ1) is 14.8. The summed E-state index contributed by atoms with van der Waals surface area (Å²) in [6.07, 6.45) is 2.66. The lowest BCUT2D eigenvalue weighted by molar-refractivity contribution is -0.147. The third-order valence-corrected chi connectivity index (χ3v) is 7.60. The van der Waals surface area contributed by atoms with Crippen molar-refractivity contribution in [1.82, 2.24) is 4.31 Å². The molecule has 1 fully saturated rings. The number of esters is 1. The monoisotopic (exact) mass is 465 g/mol. The van der Waals surface area contributed by atoms with E-state index in [1.807, 2.05) is 37.3 Å².